The molecule has 1 rings (SSSR count). The van der Waals surface area contributed by atoms with Crippen molar-refractivity contribution in [2.45, 2.75) is 0 Å². The minimum absolute atomic E-state index is 0.0252. The smallest absolute Gasteiger partial charge is 0.271 e. The third-order valence-electron chi connectivity index (χ3n) is 1.60. The van der Waals surface area contributed by atoms with E-state index in [1.807, 2.05) is 0 Å². The van der Waals surface area contributed by atoms with Crippen molar-refractivity contribution in [2.24, 2.45) is 0 Å². The first-order valence-electron chi connectivity index (χ1n) is 4.11. The Morgan fingerprint density at radius 2 is 2.27 bits per heavy atom. The second kappa shape index (κ2) is 5.11. The molecule has 15 heavy (non-hydrogen) atoms. The van der Waals surface area contributed by atoms with Crippen LogP contribution in [0.1, 0.15) is 0 Å². The molecule has 0 unspecified atom stereocenters. The minimum atomic E-state index is -0.457. The summed E-state index contributed by atoms with van der Waals surface area (Å²) in [6.07, 6.45) is 0. The Kier molecular flexibility index (Phi) is 3.81. The van der Waals surface area contributed by atoms with E-state index >= 15 is 0 Å². The predicted octanol–water partition coefficient (Wildman–Crippen LogP) is 1.02. The van der Waals surface area contributed by atoms with E-state index in [1.54, 1.807) is 19.2 Å². The van der Waals surface area contributed by atoms with Gasteiger partial charge in [-0.15, -0.1) is 0 Å². The van der Waals surface area contributed by atoms with Crippen molar-refractivity contribution in [3.05, 3.63) is 34.4 Å². The van der Waals surface area contributed by atoms with E-state index < -0.39 is 4.92 Å². The molecule has 3 N–H and O–H groups in total. The average Bonchev–Trinajstić information content (AvgIpc) is 2.26. The number of hydrogen-bond donors (Lipinski definition) is 3. The van der Waals surface area contributed by atoms with Crippen LogP contribution in [0.25, 0.3) is 0 Å². The first kappa shape index (κ1) is 11.2. The molecular formula is C8H10N4O2S. The van der Waals surface area contributed by atoms with Crippen molar-refractivity contribution in [3.8, 4) is 0 Å². The molecule has 7 heteroatoms. The molecule has 0 saturated carbocycles. The topological polar surface area (TPSA) is 79.2 Å². The Bertz CT molecular complexity index is 383. The second-order valence-electron chi connectivity index (χ2n) is 2.64. The van der Waals surface area contributed by atoms with Gasteiger partial charge in [0.15, 0.2) is 5.11 Å². The molecule has 6 nitrogen and oxygen atoms in total. The first-order valence-corrected chi connectivity index (χ1v) is 4.52. The van der Waals surface area contributed by atoms with Gasteiger partial charge in [0.2, 0.25) is 0 Å². The number of nitro benzene ring substituents is 1. The van der Waals surface area contributed by atoms with Crippen LogP contribution >= 0.6 is 12.2 Å². The molecular weight excluding hydrogens is 216 g/mol. The molecule has 0 fully saturated rings. The molecule has 1 aromatic carbocycles. The van der Waals surface area contributed by atoms with Gasteiger partial charge in [0.1, 0.15) is 0 Å². The molecule has 80 valence electrons. The number of nitrogens with zero attached hydrogens (tertiary/aromatic N) is 1. The number of thiocarbonyl (C=S) groups is 1. The minimum Gasteiger partial charge on any atom is -0.364 e. The molecule has 0 aliphatic rings. The van der Waals surface area contributed by atoms with Gasteiger partial charge in [0.25, 0.3) is 5.69 Å². The second-order valence-corrected chi connectivity index (χ2v) is 3.04. The lowest BCUT2D eigenvalue weighted by atomic mass is 10.3. The van der Waals surface area contributed by atoms with Crippen molar-refractivity contribution >= 4 is 28.7 Å². The summed E-state index contributed by atoms with van der Waals surface area (Å²) in [6.45, 7) is 0. The van der Waals surface area contributed by atoms with Crippen molar-refractivity contribution in [3.63, 3.8) is 0 Å². The summed E-state index contributed by atoms with van der Waals surface area (Å²) < 4.78 is 0. The number of rotatable bonds is 3. The fourth-order valence-electron chi connectivity index (χ4n) is 0.889. The van der Waals surface area contributed by atoms with E-state index in [4.69, 9.17) is 12.2 Å². The van der Waals surface area contributed by atoms with E-state index in [1.165, 1.54) is 12.1 Å². The Morgan fingerprint density at radius 3 is 2.87 bits per heavy atom. The number of benzene rings is 1. The van der Waals surface area contributed by atoms with Crippen molar-refractivity contribution < 1.29 is 4.92 Å². The summed E-state index contributed by atoms with van der Waals surface area (Å²) in [7, 11) is 1.67. The third kappa shape index (κ3) is 3.39. The fraction of sp³-hybridized carbons (Fsp3) is 0.125. The van der Waals surface area contributed by atoms with E-state index in [-0.39, 0.29) is 5.69 Å². The average molecular weight is 226 g/mol. The highest BCUT2D eigenvalue weighted by Crippen LogP contribution is 2.15. The van der Waals surface area contributed by atoms with Gasteiger partial charge in [-0.1, -0.05) is 6.07 Å². The SMILES string of the molecule is CNC(=S)NNc1cccc([N+](=O)[O-])c1. The molecule has 0 saturated heterocycles. The van der Waals surface area contributed by atoms with E-state index in [0.29, 0.717) is 10.8 Å². The summed E-state index contributed by atoms with van der Waals surface area (Å²) in [5, 5.41) is 13.6. The van der Waals surface area contributed by atoms with Gasteiger partial charge in [-0.2, -0.15) is 0 Å². The molecule has 0 radical (unpaired) electrons. The maximum absolute atomic E-state index is 10.5. The molecule has 0 aliphatic carbocycles. The molecule has 0 spiro atoms. The maximum Gasteiger partial charge on any atom is 0.271 e. The van der Waals surface area contributed by atoms with Crippen molar-refractivity contribution in [2.75, 3.05) is 12.5 Å². The number of nitro groups is 1. The van der Waals surface area contributed by atoms with Crippen LogP contribution in [-0.2, 0) is 0 Å². The van der Waals surface area contributed by atoms with E-state index in [9.17, 15) is 10.1 Å². The third-order valence-corrected chi connectivity index (χ3v) is 1.91. The summed E-state index contributed by atoms with van der Waals surface area (Å²) in [5.41, 5.74) is 5.99. The summed E-state index contributed by atoms with van der Waals surface area (Å²) in [6, 6.07) is 6.11. The van der Waals surface area contributed by atoms with E-state index in [2.05, 4.69) is 16.2 Å². The van der Waals surface area contributed by atoms with Crippen LogP contribution in [0.2, 0.25) is 0 Å². The lowest BCUT2D eigenvalue weighted by Crippen LogP contribution is -2.36. The number of nitrogens with one attached hydrogen (secondary N) is 3. The Morgan fingerprint density at radius 1 is 1.53 bits per heavy atom. The zero-order valence-electron chi connectivity index (χ0n) is 7.98. The normalized spacial score (nSPS) is 9.13. The van der Waals surface area contributed by atoms with Crippen LogP contribution in [0.5, 0.6) is 0 Å². The van der Waals surface area contributed by atoms with E-state index in [0.717, 1.165) is 0 Å². The van der Waals surface area contributed by atoms with Crippen LogP contribution in [0, 0.1) is 10.1 Å². The van der Waals surface area contributed by atoms with Gasteiger partial charge in [0.05, 0.1) is 10.6 Å². The van der Waals surface area contributed by atoms with Gasteiger partial charge in [-0.05, 0) is 18.3 Å². The van der Waals surface area contributed by atoms with Gasteiger partial charge in [-0.25, -0.2) is 0 Å². The van der Waals surface area contributed by atoms with Gasteiger partial charge in [0, 0.05) is 19.2 Å². The number of hydrogen-bond acceptors (Lipinski definition) is 4. The van der Waals surface area contributed by atoms with Gasteiger partial charge < -0.3 is 5.32 Å². The number of non-ortho nitro benzene ring substituents is 1. The zero-order valence-corrected chi connectivity index (χ0v) is 8.80. The van der Waals surface area contributed by atoms with Crippen LogP contribution in [0.3, 0.4) is 0 Å². The summed E-state index contributed by atoms with van der Waals surface area (Å²) >= 11 is 4.82. The van der Waals surface area contributed by atoms with Crippen molar-refractivity contribution in [1.29, 1.82) is 0 Å². The van der Waals surface area contributed by atoms with Crippen LogP contribution in [0.15, 0.2) is 24.3 Å². The largest absolute Gasteiger partial charge is 0.364 e. The van der Waals surface area contributed by atoms with Crippen LogP contribution < -0.4 is 16.2 Å². The summed E-state index contributed by atoms with van der Waals surface area (Å²) in [4.78, 5) is 10.0. The first-order chi connectivity index (χ1) is 7.13. The Balaban J connectivity index is 2.66. The fourth-order valence-corrected chi connectivity index (χ4v) is 0.940. The zero-order chi connectivity index (χ0) is 11.3. The monoisotopic (exact) mass is 226 g/mol. The molecule has 0 atom stereocenters. The highest BCUT2D eigenvalue weighted by molar-refractivity contribution is 7.80. The molecule has 0 bridgehead atoms. The van der Waals surface area contributed by atoms with Crippen LogP contribution in [-0.4, -0.2) is 17.1 Å². The molecule has 0 aliphatic heterocycles. The van der Waals surface area contributed by atoms with Gasteiger partial charge >= 0.3 is 0 Å². The highest BCUT2D eigenvalue weighted by Gasteiger charge is 2.04. The number of hydrazine groups is 1. The summed E-state index contributed by atoms with van der Waals surface area (Å²) in [5.74, 6) is 0. The molecule has 1 aromatic rings. The maximum atomic E-state index is 10.5. The Hall–Kier alpha value is -1.89. The van der Waals surface area contributed by atoms with Crippen LogP contribution in [0.4, 0.5) is 11.4 Å². The molecule has 0 heterocycles. The lowest BCUT2D eigenvalue weighted by Gasteiger charge is -2.09. The lowest BCUT2D eigenvalue weighted by molar-refractivity contribution is -0.384. The van der Waals surface area contributed by atoms with Gasteiger partial charge in [-0.3, -0.25) is 21.0 Å². The highest BCUT2D eigenvalue weighted by atomic mass is 32.1. The molecule has 0 aromatic heterocycles. The van der Waals surface area contributed by atoms with Crippen molar-refractivity contribution in [1.82, 2.24) is 10.7 Å². The standard InChI is InChI=1S/C8H10N4O2S/c1-9-8(15)11-10-6-3-2-4-7(5-6)12(13)14/h2-5,10H,1H3,(H2,9,11,15). The number of anilines is 1. The molecule has 0 amide bonds. The quantitative estimate of drug-likeness (QED) is 0.405. The predicted molar refractivity (Wildman–Crippen MR) is 61.5 cm³/mol. The Labute approximate surface area is 91.8 Å².